The second kappa shape index (κ2) is 8.25. The van der Waals surface area contributed by atoms with Gasteiger partial charge in [-0.2, -0.15) is 0 Å². The zero-order valence-electron chi connectivity index (χ0n) is 12.6. The van der Waals surface area contributed by atoms with Gasteiger partial charge >= 0.3 is 0 Å². The molecule has 0 radical (unpaired) electrons. The number of nitrogens with zero attached hydrogens (tertiary/aromatic N) is 1. The van der Waals surface area contributed by atoms with Gasteiger partial charge in [0.1, 0.15) is 0 Å². The van der Waals surface area contributed by atoms with Crippen LogP contribution in [0.5, 0.6) is 0 Å². The van der Waals surface area contributed by atoms with Gasteiger partial charge in [-0.25, -0.2) is 0 Å². The highest BCUT2D eigenvalue weighted by molar-refractivity contribution is 5.88. The summed E-state index contributed by atoms with van der Waals surface area (Å²) in [7, 11) is 0. The average Bonchev–Trinajstić information content (AvgIpc) is 2.24. The Morgan fingerprint density at radius 1 is 1.17 bits per heavy atom. The van der Waals surface area contributed by atoms with Crippen LogP contribution in [0.25, 0.3) is 0 Å². The van der Waals surface area contributed by atoms with E-state index in [2.05, 4.69) is 31.0 Å². The second-order valence-corrected chi connectivity index (χ2v) is 5.46. The van der Waals surface area contributed by atoms with Crippen LogP contribution >= 0.6 is 0 Å². The molecule has 18 heavy (non-hydrogen) atoms. The first kappa shape index (κ1) is 17.1. The van der Waals surface area contributed by atoms with Crippen molar-refractivity contribution in [3.05, 3.63) is 0 Å². The number of carbonyl (C=O) groups excluding carboxylic acids is 2. The van der Waals surface area contributed by atoms with E-state index < -0.39 is 0 Å². The number of Topliss-reactive ketones (excluding diaryl/α,β-unsaturated/α-hetero) is 1. The fraction of sp³-hybridized carbons (Fsp3) is 0.857. The molecule has 0 rings (SSSR count). The number of amides is 1. The zero-order chi connectivity index (χ0) is 14.3. The van der Waals surface area contributed by atoms with Gasteiger partial charge in [-0.1, -0.05) is 20.8 Å². The van der Waals surface area contributed by atoms with E-state index in [1.807, 2.05) is 13.8 Å². The van der Waals surface area contributed by atoms with Crippen LogP contribution in [0.3, 0.4) is 0 Å². The molecule has 1 amide bonds. The monoisotopic (exact) mass is 256 g/mol. The summed E-state index contributed by atoms with van der Waals surface area (Å²) in [5.74, 6) is 0.0844. The Morgan fingerprint density at radius 2 is 1.72 bits per heavy atom. The fourth-order valence-corrected chi connectivity index (χ4v) is 1.95. The van der Waals surface area contributed by atoms with Gasteiger partial charge in [0.15, 0.2) is 5.78 Å². The minimum absolute atomic E-state index is 0.0185. The van der Waals surface area contributed by atoms with Gasteiger partial charge in [-0.05, 0) is 39.7 Å². The third-order valence-electron chi connectivity index (χ3n) is 3.01. The van der Waals surface area contributed by atoms with Gasteiger partial charge in [0.2, 0.25) is 5.91 Å². The predicted molar refractivity (Wildman–Crippen MR) is 74.4 cm³/mol. The highest BCUT2D eigenvalue weighted by Crippen LogP contribution is 2.04. The van der Waals surface area contributed by atoms with Crippen LogP contribution in [-0.2, 0) is 9.59 Å². The molecule has 4 heteroatoms. The molecule has 0 aromatic rings. The lowest BCUT2D eigenvalue weighted by Crippen LogP contribution is -2.48. The van der Waals surface area contributed by atoms with Crippen LogP contribution in [-0.4, -0.2) is 41.8 Å². The van der Waals surface area contributed by atoms with Gasteiger partial charge in [0.05, 0.1) is 12.6 Å². The maximum absolute atomic E-state index is 11.9. The van der Waals surface area contributed by atoms with Crippen molar-refractivity contribution in [3.8, 4) is 0 Å². The Hall–Kier alpha value is -0.900. The Morgan fingerprint density at radius 3 is 2.06 bits per heavy atom. The van der Waals surface area contributed by atoms with Crippen LogP contribution in [0.4, 0.5) is 0 Å². The molecule has 0 aromatic carbocycles. The van der Waals surface area contributed by atoms with Crippen molar-refractivity contribution in [1.82, 2.24) is 10.2 Å². The van der Waals surface area contributed by atoms with Crippen molar-refractivity contribution in [2.24, 2.45) is 5.92 Å². The molecule has 1 N–H and O–H groups in total. The molecule has 0 spiro atoms. The number of carbonyl (C=O) groups is 2. The van der Waals surface area contributed by atoms with E-state index in [0.717, 1.165) is 13.0 Å². The molecule has 0 aliphatic heterocycles. The first-order valence-electron chi connectivity index (χ1n) is 6.83. The number of rotatable bonds is 8. The quantitative estimate of drug-likeness (QED) is 0.721. The van der Waals surface area contributed by atoms with Crippen molar-refractivity contribution in [2.45, 2.75) is 60.0 Å². The fourth-order valence-electron chi connectivity index (χ4n) is 1.95. The number of hydrogen-bond acceptors (Lipinski definition) is 3. The molecule has 0 aliphatic rings. The Labute approximate surface area is 111 Å². The van der Waals surface area contributed by atoms with Gasteiger partial charge in [0, 0.05) is 6.04 Å². The number of ketones is 1. The van der Waals surface area contributed by atoms with Crippen molar-refractivity contribution < 1.29 is 9.59 Å². The first-order valence-corrected chi connectivity index (χ1v) is 6.83. The third kappa shape index (κ3) is 6.15. The Kier molecular flexibility index (Phi) is 7.83. The van der Waals surface area contributed by atoms with E-state index >= 15 is 0 Å². The minimum Gasteiger partial charge on any atom is -0.345 e. The van der Waals surface area contributed by atoms with Crippen LogP contribution < -0.4 is 5.32 Å². The van der Waals surface area contributed by atoms with E-state index in [1.165, 1.54) is 6.92 Å². The van der Waals surface area contributed by atoms with Crippen molar-refractivity contribution >= 4 is 11.7 Å². The maximum atomic E-state index is 11.9. The topological polar surface area (TPSA) is 49.4 Å². The highest BCUT2D eigenvalue weighted by Gasteiger charge is 2.22. The van der Waals surface area contributed by atoms with Gasteiger partial charge in [0.25, 0.3) is 0 Å². The summed E-state index contributed by atoms with van der Waals surface area (Å²) in [6.45, 7) is 12.9. The lowest BCUT2D eigenvalue weighted by molar-refractivity contribution is -0.128. The Balaban J connectivity index is 4.42. The predicted octanol–water partition coefficient (Wildman–Crippen LogP) is 1.84. The standard InChI is InChI=1S/C14H28N2O2/c1-7-8-16(11(4)5)9-13(18)15-14(10(2)3)12(6)17/h10-11,14H,7-9H2,1-6H3,(H,15,18). The lowest BCUT2D eigenvalue weighted by Gasteiger charge is -2.27. The molecular weight excluding hydrogens is 228 g/mol. The van der Waals surface area contributed by atoms with Crippen molar-refractivity contribution in [3.63, 3.8) is 0 Å². The van der Waals surface area contributed by atoms with Crippen LogP contribution in [0.15, 0.2) is 0 Å². The van der Waals surface area contributed by atoms with Crippen LogP contribution in [0, 0.1) is 5.92 Å². The SMILES string of the molecule is CCCN(CC(=O)NC(C(C)=O)C(C)C)C(C)C. The molecular formula is C14H28N2O2. The molecule has 0 fully saturated rings. The normalized spacial score (nSPS) is 13.2. The summed E-state index contributed by atoms with van der Waals surface area (Å²) >= 11 is 0. The molecule has 0 saturated carbocycles. The molecule has 0 aromatic heterocycles. The van der Waals surface area contributed by atoms with Crippen molar-refractivity contribution in [2.75, 3.05) is 13.1 Å². The summed E-state index contributed by atoms with van der Waals surface area (Å²) in [6.07, 6.45) is 1.02. The zero-order valence-corrected chi connectivity index (χ0v) is 12.6. The average molecular weight is 256 g/mol. The molecule has 106 valence electrons. The van der Waals surface area contributed by atoms with E-state index in [4.69, 9.17) is 0 Å². The molecule has 1 atom stereocenters. The number of hydrogen-bond donors (Lipinski definition) is 1. The summed E-state index contributed by atoms with van der Waals surface area (Å²) < 4.78 is 0. The van der Waals surface area contributed by atoms with E-state index in [1.54, 1.807) is 0 Å². The summed E-state index contributed by atoms with van der Waals surface area (Å²) in [5, 5.41) is 2.83. The van der Waals surface area contributed by atoms with Crippen LogP contribution in [0.2, 0.25) is 0 Å². The molecule has 4 nitrogen and oxygen atoms in total. The summed E-state index contributed by atoms with van der Waals surface area (Å²) in [4.78, 5) is 25.5. The molecule has 1 unspecified atom stereocenters. The lowest BCUT2D eigenvalue weighted by atomic mass is 10.0. The largest absolute Gasteiger partial charge is 0.345 e. The van der Waals surface area contributed by atoms with E-state index in [0.29, 0.717) is 12.6 Å². The third-order valence-corrected chi connectivity index (χ3v) is 3.01. The highest BCUT2D eigenvalue weighted by atomic mass is 16.2. The maximum Gasteiger partial charge on any atom is 0.234 e. The van der Waals surface area contributed by atoms with Gasteiger partial charge in [-0.15, -0.1) is 0 Å². The van der Waals surface area contributed by atoms with Gasteiger partial charge in [-0.3, -0.25) is 14.5 Å². The molecule has 0 bridgehead atoms. The first-order chi connectivity index (χ1) is 8.29. The second-order valence-electron chi connectivity index (χ2n) is 5.46. The smallest absolute Gasteiger partial charge is 0.234 e. The van der Waals surface area contributed by atoms with E-state index in [-0.39, 0.29) is 23.7 Å². The molecule has 0 aliphatic carbocycles. The van der Waals surface area contributed by atoms with Crippen LogP contribution in [0.1, 0.15) is 48.0 Å². The van der Waals surface area contributed by atoms with Gasteiger partial charge < -0.3 is 5.32 Å². The molecule has 0 saturated heterocycles. The Bertz CT molecular complexity index is 275. The summed E-state index contributed by atoms with van der Waals surface area (Å²) in [6, 6.07) is -0.0290. The minimum atomic E-state index is -0.367. The summed E-state index contributed by atoms with van der Waals surface area (Å²) in [5.41, 5.74) is 0. The van der Waals surface area contributed by atoms with E-state index in [9.17, 15) is 9.59 Å². The number of nitrogens with one attached hydrogen (secondary N) is 1. The molecule has 0 heterocycles. The van der Waals surface area contributed by atoms with Crippen molar-refractivity contribution in [1.29, 1.82) is 0 Å².